The van der Waals surface area contributed by atoms with Crippen molar-refractivity contribution in [2.24, 2.45) is 12.0 Å². The van der Waals surface area contributed by atoms with Gasteiger partial charge in [-0.15, -0.1) is 24.0 Å². The van der Waals surface area contributed by atoms with Crippen LogP contribution < -0.4 is 15.1 Å². The van der Waals surface area contributed by atoms with Crippen molar-refractivity contribution in [3.8, 4) is 0 Å². The van der Waals surface area contributed by atoms with Crippen LogP contribution in [-0.4, -0.2) is 65.7 Å². The van der Waals surface area contributed by atoms with Crippen molar-refractivity contribution in [1.29, 1.82) is 0 Å². The summed E-state index contributed by atoms with van der Waals surface area (Å²) in [6, 6.07) is 8.06. The van der Waals surface area contributed by atoms with Gasteiger partial charge in [0.25, 0.3) is 0 Å². The van der Waals surface area contributed by atoms with Crippen molar-refractivity contribution in [1.82, 2.24) is 20.0 Å². The van der Waals surface area contributed by atoms with E-state index in [0.717, 1.165) is 36.3 Å². The predicted octanol–water partition coefficient (Wildman–Crippen LogP) is 1.98. The van der Waals surface area contributed by atoms with E-state index in [1.165, 1.54) is 0 Å². The van der Waals surface area contributed by atoms with Crippen molar-refractivity contribution >= 4 is 53.1 Å². The Kier molecular flexibility index (Phi) is 8.10. The van der Waals surface area contributed by atoms with E-state index >= 15 is 0 Å². The fourth-order valence-corrected chi connectivity index (χ4v) is 4.06. The van der Waals surface area contributed by atoms with Gasteiger partial charge in [0.1, 0.15) is 6.54 Å². The van der Waals surface area contributed by atoms with Crippen LogP contribution in [0.1, 0.15) is 24.8 Å². The lowest BCUT2D eigenvalue weighted by Crippen LogP contribution is -2.55. The Morgan fingerprint density at radius 2 is 1.78 bits per heavy atom. The van der Waals surface area contributed by atoms with Gasteiger partial charge in [0.05, 0.1) is 11.9 Å². The molecule has 1 aromatic heterocycles. The average Bonchev–Trinajstić information content (AvgIpc) is 3.21. The number of piperazine rings is 1. The summed E-state index contributed by atoms with van der Waals surface area (Å²) < 4.78 is 1.70. The zero-order valence-electron chi connectivity index (χ0n) is 18.5. The second kappa shape index (κ2) is 10.8. The number of piperidine rings is 1. The Hall–Kier alpha value is -2.63. The highest BCUT2D eigenvalue weighted by Crippen LogP contribution is 2.21. The first kappa shape index (κ1) is 24.0. The van der Waals surface area contributed by atoms with Crippen LogP contribution in [0.5, 0.6) is 0 Å². The minimum atomic E-state index is 0. The molecule has 0 bridgehead atoms. The maximum Gasteiger partial charge on any atom is 0.246 e. The number of anilines is 2. The Labute approximate surface area is 205 Å². The lowest BCUT2D eigenvalue weighted by molar-refractivity contribution is -0.120. The molecule has 0 spiro atoms. The maximum absolute atomic E-state index is 12.7. The van der Waals surface area contributed by atoms with Gasteiger partial charge >= 0.3 is 0 Å². The van der Waals surface area contributed by atoms with Gasteiger partial charge in [-0.1, -0.05) is 12.1 Å². The van der Waals surface area contributed by atoms with Gasteiger partial charge in [-0.2, -0.15) is 5.10 Å². The van der Waals surface area contributed by atoms with E-state index in [1.54, 1.807) is 22.8 Å². The van der Waals surface area contributed by atoms with Gasteiger partial charge in [0.2, 0.25) is 11.8 Å². The molecule has 1 N–H and O–H groups in total. The van der Waals surface area contributed by atoms with Crippen LogP contribution in [0.3, 0.4) is 0 Å². The van der Waals surface area contributed by atoms with Gasteiger partial charge in [0.15, 0.2) is 5.96 Å². The summed E-state index contributed by atoms with van der Waals surface area (Å²) in [6.45, 7) is 2.94. The average molecular weight is 551 g/mol. The summed E-state index contributed by atoms with van der Waals surface area (Å²) in [5, 5.41) is 7.50. The topological polar surface area (TPSA) is 86.1 Å². The van der Waals surface area contributed by atoms with E-state index in [1.807, 2.05) is 47.3 Å². The first-order chi connectivity index (χ1) is 15.0. The normalized spacial score (nSPS) is 17.4. The van der Waals surface area contributed by atoms with E-state index in [9.17, 15) is 9.59 Å². The molecule has 2 amide bonds. The summed E-state index contributed by atoms with van der Waals surface area (Å²) in [7, 11) is 3.57. The molecule has 2 aliphatic rings. The van der Waals surface area contributed by atoms with Gasteiger partial charge in [-0.25, -0.2) is 0 Å². The summed E-state index contributed by atoms with van der Waals surface area (Å²) in [6.07, 6.45) is 6.23. The zero-order valence-corrected chi connectivity index (χ0v) is 20.9. The fourth-order valence-electron chi connectivity index (χ4n) is 4.06. The Morgan fingerprint density at radius 1 is 1.03 bits per heavy atom. The van der Waals surface area contributed by atoms with Crippen molar-refractivity contribution in [3.63, 3.8) is 0 Å². The lowest BCUT2D eigenvalue weighted by Gasteiger charge is -2.35. The number of carbonyl (C=O) groups excluding carboxylic acids is 2. The number of nitrogens with zero attached hydrogens (tertiary/aromatic N) is 6. The highest BCUT2D eigenvalue weighted by molar-refractivity contribution is 14.0. The van der Waals surface area contributed by atoms with Gasteiger partial charge in [0, 0.05) is 58.6 Å². The number of aliphatic imine (C=N–C) groups is 1. The molecule has 0 aliphatic carbocycles. The number of aromatic nitrogens is 2. The number of nitrogens with one attached hydrogen (secondary N) is 1. The molecule has 2 aromatic rings. The summed E-state index contributed by atoms with van der Waals surface area (Å²) in [5.41, 5.74) is 2.87. The van der Waals surface area contributed by atoms with Gasteiger partial charge in [-0.05, 0) is 30.5 Å². The predicted molar refractivity (Wildman–Crippen MR) is 135 cm³/mol. The molecule has 0 saturated carbocycles. The van der Waals surface area contributed by atoms with Crippen LogP contribution in [0.4, 0.5) is 11.4 Å². The third-order valence-electron chi connectivity index (χ3n) is 5.76. The lowest BCUT2D eigenvalue weighted by atomic mass is 10.1. The molecule has 4 rings (SSSR count). The van der Waals surface area contributed by atoms with Gasteiger partial charge < -0.3 is 20.0 Å². The molecule has 10 heteroatoms. The third-order valence-corrected chi connectivity index (χ3v) is 5.76. The van der Waals surface area contributed by atoms with E-state index < -0.39 is 0 Å². The maximum atomic E-state index is 12.7. The second-order valence-corrected chi connectivity index (χ2v) is 7.91. The second-order valence-electron chi connectivity index (χ2n) is 7.91. The number of carbonyl (C=O) groups is 2. The number of guanidine groups is 1. The minimum Gasteiger partial charge on any atom is -0.352 e. The highest BCUT2D eigenvalue weighted by Gasteiger charge is 2.27. The molecule has 1 aromatic carbocycles. The van der Waals surface area contributed by atoms with Crippen molar-refractivity contribution in [3.05, 3.63) is 42.2 Å². The monoisotopic (exact) mass is 551 g/mol. The first-order valence-corrected chi connectivity index (χ1v) is 10.7. The first-order valence-electron chi connectivity index (χ1n) is 10.7. The van der Waals surface area contributed by atoms with E-state index in [0.29, 0.717) is 32.0 Å². The number of hydrogen-bond donors (Lipinski definition) is 1. The van der Waals surface area contributed by atoms with Crippen molar-refractivity contribution in [2.75, 3.05) is 43.0 Å². The summed E-state index contributed by atoms with van der Waals surface area (Å²) >= 11 is 0. The number of hydrogen-bond acceptors (Lipinski definition) is 4. The molecule has 9 nitrogen and oxygen atoms in total. The summed E-state index contributed by atoms with van der Waals surface area (Å²) in [4.78, 5) is 34.7. The van der Waals surface area contributed by atoms with Crippen LogP contribution in [0.15, 0.2) is 41.7 Å². The van der Waals surface area contributed by atoms with Gasteiger partial charge in [-0.3, -0.25) is 19.3 Å². The van der Waals surface area contributed by atoms with Crippen LogP contribution in [-0.2, 0) is 23.2 Å². The van der Waals surface area contributed by atoms with Crippen molar-refractivity contribution in [2.45, 2.75) is 25.8 Å². The molecule has 0 atom stereocenters. The smallest absolute Gasteiger partial charge is 0.246 e. The quantitative estimate of drug-likeness (QED) is 0.357. The van der Waals surface area contributed by atoms with Crippen LogP contribution in [0.25, 0.3) is 0 Å². The minimum absolute atomic E-state index is 0. The Balaban J connectivity index is 0.00000289. The molecular formula is C22H30IN7O2. The van der Waals surface area contributed by atoms with E-state index in [-0.39, 0.29) is 42.3 Å². The van der Waals surface area contributed by atoms with Crippen LogP contribution in [0, 0.1) is 0 Å². The standard InChI is InChI=1S/C22H29N7O2.HI/c1-23-22(27-11-12-29(21(31)16-27)19-14-25-26(2)15-19)24-13-17-6-8-18(9-7-17)28-10-4-3-5-20(28)30;/h6-9,14-15H,3-5,10-13,16H2,1-2H3,(H,23,24);1H. The molecule has 32 heavy (non-hydrogen) atoms. The fraction of sp³-hybridized carbons (Fsp3) is 0.455. The molecule has 2 aliphatic heterocycles. The summed E-state index contributed by atoms with van der Waals surface area (Å²) in [5.74, 6) is 0.930. The Bertz CT molecular complexity index is 973. The molecule has 172 valence electrons. The SMILES string of the molecule is CN=C(NCc1ccc(N2CCCCC2=O)cc1)N1CCN(c2cnn(C)c2)C(=O)C1.I. The number of aryl methyl sites for hydroxylation is 1. The van der Waals surface area contributed by atoms with Crippen LogP contribution in [0.2, 0.25) is 0 Å². The molecular weight excluding hydrogens is 521 g/mol. The van der Waals surface area contributed by atoms with E-state index in [2.05, 4.69) is 15.4 Å². The third kappa shape index (κ3) is 5.40. The molecule has 3 heterocycles. The Morgan fingerprint density at radius 3 is 2.41 bits per heavy atom. The zero-order chi connectivity index (χ0) is 21.8. The number of benzene rings is 1. The molecule has 0 radical (unpaired) electrons. The number of amides is 2. The van der Waals surface area contributed by atoms with E-state index in [4.69, 9.17) is 0 Å². The molecule has 2 fully saturated rings. The number of halogens is 1. The number of rotatable bonds is 4. The molecule has 2 saturated heterocycles. The highest BCUT2D eigenvalue weighted by atomic mass is 127. The molecule has 0 unspecified atom stereocenters. The van der Waals surface area contributed by atoms with Crippen molar-refractivity contribution < 1.29 is 9.59 Å². The largest absolute Gasteiger partial charge is 0.352 e. The van der Waals surface area contributed by atoms with Crippen LogP contribution >= 0.6 is 24.0 Å².